The van der Waals surface area contributed by atoms with Gasteiger partial charge in [0.05, 0.1) is 0 Å². The fourth-order valence-electron chi connectivity index (χ4n) is 2.86. The van der Waals surface area contributed by atoms with Crippen molar-refractivity contribution in [1.29, 1.82) is 0 Å². The molecule has 0 heterocycles. The van der Waals surface area contributed by atoms with E-state index in [-0.39, 0.29) is 23.8 Å². The summed E-state index contributed by atoms with van der Waals surface area (Å²) >= 11 is 0. The maximum atomic E-state index is 12.5. The van der Waals surface area contributed by atoms with Crippen LogP contribution in [0, 0.1) is 0 Å². The molecule has 3 aromatic rings. The highest BCUT2D eigenvalue weighted by atomic mass is 16.5. The number of ether oxygens (including phenoxy) is 1. The minimum Gasteiger partial charge on any atom is -0.484 e. The van der Waals surface area contributed by atoms with Gasteiger partial charge in [-0.05, 0) is 53.4 Å². The second kappa shape index (κ2) is 9.27. The van der Waals surface area contributed by atoms with Gasteiger partial charge in [0.2, 0.25) is 0 Å². The molecule has 0 saturated heterocycles. The van der Waals surface area contributed by atoms with Gasteiger partial charge in [-0.2, -0.15) is 0 Å². The van der Waals surface area contributed by atoms with E-state index >= 15 is 0 Å². The summed E-state index contributed by atoms with van der Waals surface area (Å²) in [4.78, 5) is 24.7. The molecule has 3 aromatic carbocycles. The predicted molar refractivity (Wildman–Crippen MR) is 120 cm³/mol. The molecule has 0 unspecified atom stereocenters. The van der Waals surface area contributed by atoms with Crippen molar-refractivity contribution in [2.45, 2.75) is 26.2 Å². The normalized spacial score (nSPS) is 10.9. The second-order valence-corrected chi connectivity index (χ2v) is 8.01. The maximum Gasteiger partial charge on any atom is 0.262 e. The molecule has 5 nitrogen and oxygen atoms in total. The highest BCUT2D eigenvalue weighted by molar-refractivity contribution is 6.04. The van der Waals surface area contributed by atoms with Crippen LogP contribution in [0.25, 0.3) is 0 Å². The van der Waals surface area contributed by atoms with Gasteiger partial charge in [0, 0.05) is 16.9 Å². The van der Waals surface area contributed by atoms with Gasteiger partial charge in [-0.3, -0.25) is 9.59 Å². The van der Waals surface area contributed by atoms with Crippen LogP contribution in [0.5, 0.6) is 5.75 Å². The quantitative estimate of drug-likeness (QED) is 0.591. The standard InChI is InChI=1S/C25H26N2O3/c1-25(2,3)19-14-12-18(13-15-19)24(29)27-21-9-7-8-20(16-21)26-23(28)17-30-22-10-5-4-6-11-22/h4-16H,17H2,1-3H3,(H,26,28)(H,27,29). The second-order valence-electron chi connectivity index (χ2n) is 8.01. The van der Waals surface area contributed by atoms with Gasteiger partial charge < -0.3 is 15.4 Å². The number of amides is 2. The van der Waals surface area contributed by atoms with Crippen LogP contribution in [0.2, 0.25) is 0 Å². The molecule has 0 fully saturated rings. The van der Waals surface area contributed by atoms with Crippen LogP contribution in [0.1, 0.15) is 36.7 Å². The maximum absolute atomic E-state index is 12.5. The van der Waals surface area contributed by atoms with E-state index in [1.165, 1.54) is 5.56 Å². The van der Waals surface area contributed by atoms with E-state index in [1.807, 2.05) is 42.5 Å². The van der Waals surface area contributed by atoms with Crippen LogP contribution < -0.4 is 15.4 Å². The van der Waals surface area contributed by atoms with Crippen LogP contribution in [-0.2, 0) is 10.2 Å². The Morgan fingerprint density at radius 1 is 0.800 bits per heavy atom. The fraction of sp³-hybridized carbons (Fsp3) is 0.200. The smallest absolute Gasteiger partial charge is 0.262 e. The first kappa shape index (κ1) is 21.1. The number of carbonyl (C=O) groups is 2. The van der Waals surface area contributed by atoms with Crippen LogP contribution in [0.4, 0.5) is 11.4 Å². The zero-order chi connectivity index (χ0) is 21.6. The van der Waals surface area contributed by atoms with Gasteiger partial charge in [-0.25, -0.2) is 0 Å². The third-order valence-electron chi connectivity index (χ3n) is 4.53. The lowest BCUT2D eigenvalue weighted by molar-refractivity contribution is -0.118. The zero-order valence-corrected chi connectivity index (χ0v) is 17.4. The van der Waals surface area contributed by atoms with Crippen molar-refractivity contribution >= 4 is 23.2 Å². The number of carbonyl (C=O) groups excluding carboxylic acids is 2. The van der Waals surface area contributed by atoms with E-state index in [2.05, 4.69) is 31.4 Å². The topological polar surface area (TPSA) is 67.4 Å². The molecule has 0 saturated carbocycles. The summed E-state index contributed by atoms with van der Waals surface area (Å²) in [5, 5.41) is 5.64. The number of benzene rings is 3. The summed E-state index contributed by atoms with van der Waals surface area (Å²) in [5.74, 6) is 0.151. The Labute approximate surface area is 177 Å². The van der Waals surface area contributed by atoms with E-state index in [9.17, 15) is 9.59 Å². The Morgan fingerprint density at radius 3 is 2.07 bits per heavy atom. The summed E-state index contributed by atoms with van der Waals surface area (Å²) in [6.45, 7) is 6.30. The summed E-state index contributed by atoms with van der Waals surface area (Å²) in [5.41, 5.74) is 2.96. The minimum atomic E-state index is -0.278. The summed E-state index contributed by atoms with van der Waals surface area (Å²) in [6.07, 6.45) is 0. The number of nitrogens with one attached hydrogen (secondary N) is 2. The summed E-state index contributed by atoms with van der Waals surface area (Å²) < 4.78 is 5.44. The zero-order valence-electron chi connectivity index (χ0n) is 17.4. The van der Waals surface area contributed by atoms with Crippen molar-refractivity contribution in [2.24, 2.45) is 0 Å². The molecular formula is C25H26N2O3. The van der Waals surface area contributed by atoms with Gasteiger partial charge >= 0.3 is 0 Å². The molecule has 5 heteroatoms. The average Bonchev–Trinajstić information content (AvgIpc) is 2.73. The Kier molecular flexibility index (Phi) is 6.52. The van der Waals surface area contributed by atoms with Crippen LogP contribution in [-0.4, -0.2) is 18.4 Å². The molecule has 2 N–H and O–H groups in total. The molecule has 0 spiro atoms. The Morgan fingerprint density at radius 2 is 1.43 bits per heavy atom. The number of hydrogen-bond acceptors (Lipinski definition) is 3. The summed E-state index contributed by atoms with van der Waals surface area (Å²) in [7, 11) is 0. The molecule has 0 aliphatic rings. The first-order valence-corrected chi connectivity index (χ1v) is 9.81. The monoisotopic (exact) mass is 402 g/mol. The van der Waals surface area contributed by atoms with E-state index in [4.69, 9.17) is 4.74 Å². The van der Waals surface area contributed by atoms with Crippen molar-refractivity contribution in [3.05, 3.63) is 90.0 Å². The number of rotatable bonds is 6. The molecule has 154 valence electrons. The highest BCUT2D eigenvalue weighted by Gasteiger charge is 2.14. The van der Waals surface area contributed by atoms with E-state index in [1.54, 1.807) is 36.4 Å². The van der Waals surface area contributed by atoms with Gasteiger partial charge in [0.25, 0.3) is 11.8 Å². The Hall–Kier alpha value is -3.60. The summed E-state index contributed by atoms with van der Waals surface area (Å²) in [6, 6.07) is 23.7. The van der Waals surface area contributed by atoms with Gasteiger partial charge in [-0.1, -0.05) is 57.2 Å². The molecule has 2 amide bonds. The number of para-hydroxylation sites is 1. The van der Waals surface area contributed by atoms with Crippen LogP contribution >= 0.6 is 0 Å². The molecule has 0 aromatic heterocycles. The van der Waals surface area contributed by atoms with Crippen LogP contribution in [0.15, 0.2) is 78.9 Å². The molecule has 0 bridgehead atoms. The first-order chi connectivity index (χ1) is 14.3. The molecule has 30 heavy (non-hydrogen) atoms. The van der Waals surface area contributed by atoms with E-state index in [0.717, 1.165) is 0 Å². The molecule has 3 rings (SSSR count). The lowest BCUT2D eigenvalue weighted by Crippen LogP contribution is -2.20. The van der Waals surface area contributed by atoms with Gasteiger partial charge in [0.15, 0.2) is 6.61 Å². The predicted octanol–water partition coefficient (Wildman–Crippen LogP) is 5.25. The van der Waals surface area contributed by atoms with E-state index < -0.39 is 0 Å². The van der Waals surface area contributed by atoms with Gasteiger partial charge in [0.1, 0.15) is 5.75 Å². The van der Waals surface area contributed by atoms with Crippen molar-refractivity contribution in [3.8, 4) is 5.75 Å². The van der Waals surface area contributed by atoms with Crippen molar-refractivity contribution in [3.63, 3.8) is 0 Å². The number of hydrogen-bond donors (Lipinski definition) is 2. The Bertz CT molecular complexity index is 1010. The lowest BCUT2D eigenvalue weighted by atomic mass is 9.87. The van der Waals surface area contributed by atoms with Crippen molar-refractivity contribution in [1.82, 2.24) is 0 Å². The Balaban J connectivity index is 1.58. The number of anilines is 2. The molecule has 0 aliphatic carbocycles. The molecular weight excluding hydrogens is 376 g/mol. The average molecular weight is 402 g/mol. The highest BCUT2D eigenvalue weighted by Crippen LogP contribution is 2.23. The largest absolute Gasteiger partial charge is 0.484 e. The van der Waals surface area contributed by atoms with E-state index in [0.29, 0.717) is 22.7 Å². The molecule has 0 radical (unpaired) electrons. The lowest BCUT2D eigenvalue weighted by Gasteiger charge is -2.19. The third-order valence-corrected chi connectivity index (χ3v) is 4.53. The van der Waals surface area contributed by atoms with Crippen molar-refractivity contribution < 1.29 is 14.3 Å². The van der Waals surface area contributed by atoms with Crippen LogP contribution in [0.3, 0.4) is 0 Å². The molecule has 0 aliphatic heterocycles. The third kappa shape index (κ3) is 5.95. The molecule has 0 atom stereocenters. The fourth-order valence-corrected chi connectivity index (χ4v) is 2.86. The van der Waals surface area contributed by atoms with Crippen molar-refractivity contribution in [2.75, 3.05) is 17.2 Å². The minimum absolute atomic E-state index is 0.0335. The SMILES string of the molecule is CC(C)(C)c1ccc(C(=O)Nc2cccc(NC(=O)COc3ccccc3)c2)cc1. The first-order valence-electron chi connectivity index (χ1n) is 9.81. The van der Waals surface area contributed by atoms with Gasteiger partial charge in [-0.15, -0.1) is 0 Å².